The molecule has 1 atom stereocenters. The second-order valence-electron chi connectivity index (χ2n) is 8.15. The van der Waals surface area contributed by atoms with Gasteiger partial charge in [-0.05, 0) is 36.6 Å². The van der Waals surface area contributed by atoms with E-state index in [1.54, 1.807) is 18.3 Å². The van der Waals surface area contributed by atoms with Gasteiger partial charge in [0.2, 0.25) is 15.9 Å². The number of carbonyl (C=O) groups is 2. The molecule has 2 heterocycles. The van der Waals surface area contributed by atoms with Crippen LogP contribution in [-0.4, -0.2) is 42.9 Å². The smallest absolute Gasteiger partial charge is 0.222 e. The van der Waals surface area contributed by atoms with Gasteiger partial charge in [0.05, 0.1) is 23.2 Å². The molecule has 0 aliphatic heterocycles. The summed E-state index contributed by atoms with van der Waals surface area (Å²) in [6.45, 7) is 1.61. The van der Waals surface area contributed by atoms with E-state index in [0.717, 1.165) is 23.2 Å². The molecule has 1 amide bonds. The molecule has 2 aromatic heterocycles. The first-order valence-corrected chi connectivity index (χ1v) is 12.4. The molecule has 1 unspecified atom stereocenters. The van der Waals surface area contributed by atoms with Crippen molar-refractivity contribution in [2.45, 2.75) is 19.8 Å². The second-order valence-corrected chi connectivity index (χ2v) is 9.98. The van der Waals surface area contributed by atoms with Gasteiger partial charge >= 0.3 is 0 Å². The number of para-hydroxylation sites is 1. The summed E-state index contributed by atoms with van der Waals surface area (Å²) in [6.07, 6.45) is 3.46. The van der Waals surface area contributed by atoms with Crippen LogP contribution in [0.5, 0.6) is 0 Å². The molecule has 0 bridgehead atoms. The zero-order valence-corrected chi connectivity index (χ0v) is 19.1. The number of benzene rings is 1. The van der Waals surface area contributed by atoms with E-state index in [1.165, 1.54) is 6.92 Å². The Bertz CT molecular complexity index is 1300. The minimum absolute atomic E-state index is 0.0615. The van der Waals surface area contributed by atoms with Crippen molar-refractivity contribution in [1.29, 1.82) is 0 Å². The van der Waals surface area contributed by atoms with Crippen molar-refractivity contribution in [2.24, 2.45) is 5.92 Å². The van der Waals surface area contributed by atoms with Crippen LogP contribution in [0.3, 0.4) is 0 Å². The molecule has 4 rings (SSSR count). The fourth-order valence-electron chi connectivity index (χ4n) is 3.99. The number of rotatable bonds is 7. The number of ketones is 1. The van der Waals surface area contributed by atoms with Crippen molar-refractivity contribution in [3.63, 3.8) is 0 Å². The highest BCUT2D eigenvalue weighted by Gasteiger charge is 2.32. The zero-order valence-electron chi connectivity index (χ0n) is 18.3. The summed E-state index contributed by atoms with van der Waals surface area (Å²) in [4.78, 5) is 32.2. The van der Waals surface area contributed by atoms with Gasteiger partial charge in [0, 0.05) is 43.0 Å². The molecule has 0 spiro atoms. The second kappa shape index (κ2) is 9.16. The number of aromatic nitrogens is 2. The number of hydrogen-bond acceptors (Lipinski definition) is 6. The maximum absolute atomic E-state index is 13.2. The van der Waals surface area contributed by atoms with Crippen molar-refractivity contribution >= 4 is 38.9 Å². The summed E-state index contributed by atoms with van der Waals surface area (Å²) >= 11 is 0. The van der Waals surface area contributed by atoms with E-state index in [-0.39, 0.29) is 30.6 Å². The third-order valence-electron chi connectivity index (χ3n) is 5.35. The molecule has 0 fully saturated rings. The highest BCUT2D eigenvalue weighted by molar-refractivity contribution is 7.88. The van der Waals surface area contributed by atoms with Crippen LogP contribution in [0, 0.1) is 5.92 Å². The molecule has 10 heteroatoms. The van der Waals surface area contributed by atoms with Gasteiger partial charge < -0.3 is 15.6 Å². The Morgan fingerprint density at radius 3 is 2.64 bits per heavy atom. The van der Waals surface area contributed by atoms with Crippen LogP contribution in [0.25, 0.3) is 11.3 Å². The summed E-state index contributed by atoms with van der Waals surface area (Å²) in [5.41, 5.74) is 4.24. The number of H-pyrrole nitrogens is 1. The van der Waals surface area contributed by atoms with Gasteiger partial charge in [0.15, 0.2) is 5.78 Å². The van der Waals surface area contributed by atoms with Gasteiger partial charge in [-0.1, -0.05) is 18.2 Å². The quantitative estimate of drug-likeness (QED) is 0.422. The minimum atomic E-state index is -3.35. The fourth-order valence-corrected chi connectivity index (χ4v) is 4.53. The number of nitrogens with one attached hydrogen (secondary N) is 4. The molecule has 9 nitrogen and oxygen atoms in total. The normalized spacial score (nSPS) is 15.7. The van der Waals surface area contributed by atoms with Crippen LogP contribution in [-0.2, 0) is 21.2 Å². The third kappa shape index (κ3) is 5.47. The first-order chi connectivity index (χ1) is 15.7. The Labute approximate surface area is 192 Å². The van der Waals surface area contributed by atoms with Gasteiger partial charge in [0.1, 0.15) is 5.82 Å². The molecule has 4 N–H and O–H groups in total. The Morgan fingerprint density at radius 2 is 1.94 bits per heavy atom. The third-order valence-corrected chi connectivity index (χ3v) is 6.04. The summed E-state index contributed by atoms with van der Waals surface area (Å²) < 4.78 is 25.5. The first kappa shape index (κ1) is 22.7. The standard InChI is InChI=1S/C23H25N5O4S/c1-14(29)26-20-12-16(8-9-24-20)22-23(27-17-6-4-3-5-7-17)21-18(28-22)10-15(11-19(21)30)13-25-33(2,31)32/h3-9,12,15,25,27-28H,10-11,13H2,1-2H3,(H,24,26,29). The van der Waals surface area contributed by atoms with Crippen LogP contribution < -0.4 is 15.4 Å². The lowest BCUT2D eigenvalue weighted by Crippen LogP contribution is -2.32. The highest BCUT2D eigenvalue weighted by atomic mass is 32.2. The van der Waals surface area contributed by atoms with Crippen LogP contribution >= 0.6 is 0 Å². The van der Waals surface area contributed by atoms with Crippen molar-refractivity contribution in [2.75, 3.05) is 23.4 Å². The molecule has 3 aromatic rings. The molecular formula is C23H25N5O4S. The van der Waals surface area contributed by atoms with E-state index in [0.29, 0.717) is 29.2 Å². The van der Waals surface area contributed by atoms with Crippen molar-refractivity contribution < 1.29 is 18.0 Å². The molecule has 0 radical (unpaired) electrons. The van der Waals surface area contributed by atoms with Gasteiger partial charge in [-0.2, -0.15) is 0 Å². The number of nitrogens with zero attached hydrogens (tertiary/aromatic N) is 1. The van der Waals surface area contributed by atoms with E-state index in [2.05, 4.69) is 25.3 Å². The summed E-state index contributed by atoms with van der Waals surface area (Å²) in [5, 5.41) is 6.05. The molecule has 1 aromatic carbocycles. The number of hydrogen-bond donors (Lipinski definition) is 4. The van der Waals surface area contributed by atoms with E-state index < -0.39 is 10.0 Å². The molecule has 0 saturated heterocycles. The van der Waals surface area contributed by atoms with Gasteiger partial charge in [-0.25, -0.2) is 18.1 Å². The van der Waals surface area contributed by atoms with Crippen molar-refractivity contribution in [3.05, 3.63) is 59.9 Å². The predicted molar refractivity (Wildman–Crippen MR) is 127 cm³/mol. The summed E-state index contributed by atoms with van der Waals surface area (Å²) in [6, 6.07) is 13.1. The average Bonchev–Trinajstić information content (AvgIpc) is 3.11. The number of sulfonamides is 1. The van der Waals surface area contributed by atoms with E-state index in [9.17, 15) is 18.0 Å². The Morgan fingerprint density at radius 1 is 1.18 bits per heavy atom. The molecular weight excluding hydrogens is 442 g/mol. The number of fused-ring (bicyclic) bond motifs is 1. The Hall–Kier alpha value is -3.50. The maximum atomic E-state index is 13.2. The predicted octanol–water partition coefficient (Wildman–Crippen LogP) is 3.07. The number of amides is 1. The SMILES string of the molecule is CC(=O)Nc1cc(-c2[nH]c3c(c2Nc2ccccc2)C(=O)CC(CNS(C)(=O)=O)C3)ccn1. The fraction of sp³-hybridized carbons (Fsp3) is 0.261. The van der Waals surface area contributed by atoms with Gasteiger partial charge in [0.25, 0.3) is 0 Å². The first-order valence-electron chi connectivity index (χ1n) is 10.5. The number of carbonyl (C=O) groups excluding carboxylic acids is 2. The monoisotopic (exact) mass is 467 g/mol. The van der Waals surface area contributed by atoms with E-state index >= 15 is 0 Å². The summed E-state index contributed by atoms with van der Waals surface area (Å²) in [5.74, 6) is -0.0407. The minimum Gasteiger partial charge on any atom is -0.356 e. The Balaban J connectivity index is 1.75. The molecule has 1 aliphatic rings. The molecule has 1 aliphatic carbocycles. The van der Waals surface area contributed by atoms with Crippen LogP contribution in [0.2, 0.25) is 0 Å². The number of aromatic amines is 1. The van der Waals surface area contributed by atoms with Gasteiger partial charge in [-0.15, -0.1) is 0 Å². The molecule has 0 saturated carbocycles. The lowest BCUT2D eigenvalue weighted by atomic mass is 9.86. The van der Waals surface area contributed by atoms with Gasteiger partial charge in [-0.3, -0.25) is 9.59 Å². The maximum Gasteiger partial charge on any atom is 0.222 e. The lowest BCUT2D eigenvalue weighted by Gasteiger charge is -2.22. The van der Waals surface area contributed by atoms with Crippen LogP contribution in [0.1, 0.15) is 29.4 Å². The van der Waals surface area contributed by atoms with Crippen LogP contribution in [0.15, 0.2) is 48.7 Å². The molecule has 33 heavy (non-hydrogen) atoms. The number of Topliss-reactive ketones (excluding diaryl/α,β-unsaturated/α-hetero) is 1. The van der Waals surface area contributed by atoms with Crippen LogP contribution in [0.4, 0.5) is 17.2 Å². The zero-order chi connectivity index (χ0) is 23.6. The summed E-state index contributed by atoms with van der Waals surface area (Å²) in [7, 11) is -3.35. The Kier molecular flexibility index (Phi) is 6.30. The highest BCUT2D eigenvalue weighted by Crippen LogP contribution is 2.40. The van der Waals surface area contributed by atoms with E-state index in [1.807, 2.05) is 30.3 Å². The molecule has 172 valence electrons. The topological polar surface area (TPSA) is 133 Å². The van der Waals surface area contributed by atoms with Crippen molar-refractivity contribution in [3.8, 4) is 11.3 Å². The lowest BCUT2D eigenvalue weighted by molar-refractivity contribution is -0.114. The van der Waals surface area contributed by atoms with Crippen molar-refractivity contribution in [1.82, 2.24) is 14.7 Å². The average molecular weight is 468 g/mol. The number of pyridine rings is 1. The largest absolute Gasteiger partial charge is 0.356 e. The van der Waals surface area contributed by atoms with E-state index in [4.69, 9.17) is 0 Å². The number of anilines is 3.